The van der Waals surface area contributed by atoms with Crippen molar-refractivity contribution >= 4 is 5.69 Å². The minimum atomic E-state index is 0.135. The maximum absolute atomic E-state index is 5.80. The van der Waals surface area contributed by atoms with Gasteiger partial charge in [-0.25, -0.2) is 0 Å². The standard InChI is InChI=1S/C12H18N2/c1-9(13)10-3-5-11(6-4-10)14(2)12-7-8-12/h3-6,9,12H,7-8,13H2,1-2H3/t9-/m0/s1. The molecule has 0 saturated heterocycles. The highest BCUT2D eigenvalue weighted by atomic mass is 15.2. The van der Waals surface area contributed by atoms with Gasteiger partial charge in [-0.1, -0.05) is 12.1 Å². The van der Waals surface area contributed by atoms with Crippen molar-refractivity contribution in [2.24, 2.45) is 5.73 Å². The van der Waals surface area contributed by atoms with Crippen LogP contribution in [0.25, 0.3) is 0 Å². The SMILES string of the molecule is C[C@H](N)c1ccc(N(C)C2CC2)cc1. The molecule has 1 atom stereocenters. The summed E-state index contributed by atoms with van der Waals surface area (Å²) in [7, 11) is 2.17. The number of hydrogen-bond acceptors (Lipinski definition) is 2. The van der Waals surface area contributed by atoms with E-state index in [1.54, 1.807) is 0 Å². The third-order valence-electron chi connectivity index (χ3n) is 2.92. The predicted molar refractivity (Wildman–Crippen MR) is 60.5 cm³/mol. The Hall–Kier alpha value is -1.02. The number of nitrogens with two attached hydrogens (primary N) is 1. The monoisotopic (exact) mass is 190 g/mol. The summed E-state index contributed by atoms with van der Waals surface area (Å²) >= 11 is 0. The van der Waals surface area contributed by atoms with Crippen LogP contribution in [0.2, 0.25) is 0 Å². The molecule has 76 valence electrons. The van der Waals surface area contributed by atoms with Gasteiger partial charge in [0, 0.05) is 24.8 Å². The summed E-state index contributed by atoms with van der Waals surface area (Å²) in [6.07, 6.45) is 2.68. The fourth-order valence-electron chi connectivity index (χ4n) is 1.69. The molecule has 2 N–H and O–H groups in total. The molecule has 14 heavy (non-hydrogen) atoms. The highest BCUT2D eigenvalue weighted by molar-refractivity contribution is 5.49. The van der Waals surface area contributed by atoms with Crippen LogP contribution in [0.15, 0.2) is 24.3 Å². The Kier molecular flexibility index (Phi) is 2.46. The Morgan fingerprint density at radius 2 is 1.86 bits per heavy atom. The van der Waals surface area contributed by atoms with Gasteiger partial charge in [-0.2, -0.15) is 0 Å². The molecule has 0 bridgehead atoms. The lowest BCUT2D eigenvalue weighted by atomic mass is 10.1. The van der Waals surface area contributed by atoms with Crippen LogP contribution in [0, 0.1) is 0 Å². The molecule has 1 aromatic rings. The largest absolute Gasteiger partial charge is 0.372 e. The third kappa shape index (κ3) is 1.90. The van der Waals surface area contributed by atoms with Crippen molar-refractivity contribution in [2.75, 3.05) is 11.9 Å². The normalized spacial score (nSPS) is 17.9. The van der Waals surface area contributed by atoms with E-state index in [4.69, 9.17) is 5.73 Å². The fourth-order valence-corrected chi connectivity index (χ4v) is 1.69. The molecular formula is C12H18N2. The first kappa shape index (κ1) is 9.53. The predicted octanol–water partition coefficient (Wildman–Crippen LogP) is 2.30. The van der Waals surface area contributed by atoms with Gasteiger partial charge in [0.05, 0.1) is 0 Å². The van der Waals surface area contributed by atoms with Crippen LogP contribution in [-0.4, -0.2) is 13.1 Å². The molecule has 1 fully saturated rings. The molecule has 1 aromatic carbocycles. The second-order valence-corrected chi connectivity index (χ2v) is 4.22. The van der Waals surface area contributed by atoms with Crippen LogP contribution in [0.4, 0.5) is 5.69 Å². The summed E-state index contributed by atoms with van der Waals surface area (Å²) < 4.78 is 0. The van der Waals surface area contributed by atoms with Crippen molar-refractivity contribution in [3.05, 3.63) is 29.8 Å². The average Bonchev–Trinajstić information content (AvgIpc) is 3.00. The minimum absolute atomic E-state index is 0.135. The number of benzene rings is 1. The Morgan fingerprint density at radius 1 is 1.29 bits per heavy atom. The second-order valence-electron chi connectivity index (χ2n) is 4.22. The van der Waals surface area contributed by atoms with Crippen molar-refractivity contribution < 1.29 is 0 Å². The van der Waals surface area contributed by atoms with Crippen LogP contribution < -0.4 is 10.6 Å². The Morgan fingerprint density at radius 3 is 2.29 bits per heavy atom. The van der Waals surface area contributed by atoms with E-state index in [-0.39, 0.29) is 6.04 Å². The van der Waals surface area contributed by atoms with Gasteiger partial charge < -0.3 is 10.6 Å². The zero-order valence-electron chi connectivity index (χ0n) is 8.90. The first-order valence-corrected chi connectivity index (χ1v) is 5.27. The summed E-state index contributed by atoms with van der Waals surface area (Å²) in [5.74, 6) is 0. The molecule has 2 nitrogen and oxygen atoms in total. The molecule has 1 aliphatic rings. The quantitative estimate of drug-likeness (QED) is 0.792. The molecule has 0 spiro atoms. The Balaban J connectivity index is 2.12. The molecule has 1 saturated carbocycles. The Bertz CT molecular complexity index is 299. The zero-order chi connectivity index (χ0) is 10.1. The van der Waals surface area contributed by atoms with E-state index in [1.807, 2.05) is 6.92 Å². The van der Waals surface area contributed by atoms with Gasteiger partial charge >= 0.3 is 0 Å². The summed E-state index contributed by atoms with van der Waals surface area (Å²) in [4.78, 5) is 2.35. The molecule has 1 aliphatic carbocycles. The van der Waals surface area contributed by atoms with Gasteiger partial charge in [0.1, 0.15) is 0 Å². The summed E-state index contributed by atoms with van der Waals surface area (Å²) in [5.41, 5.74) is 8.31. The van der Waals surface area contributed by atoms with Crippen LogP contribution in [0.1, 0.15) is 31.4 Å². The van der Waals surface area contributed by atoms with E-state index >= 15 is 0 Å². The van der Waals surface area contributed by atoms with Crippen LogP contribution in [-0.2, 0) is 0 Å². The lowest BCUT2D eigenvalue weighted by molar-refractivity contribution is 0.817. The van der Waals surface area contributed by atoms with E-state index < -0.39 is 0 Å². The van der Waals surface area contributed by atoms with Gasteiger partial charge in [-0.3, -0.25) is 0 Å². The van der Waals surface area contributed by atoms with Gasteiger partial charge in [0.2, 0.25) is 0 Å². The van der Waals surface area contributed by atoms with Crippen molar-refractivity contribution in [3.8, 4) is 0 Å². The second kappa shape index (κ2) is 3.62. The summed E-state index contributed by atoms with van der Waals surface area (Å²) in [6, 6.07) is 9.48. The van der Waals surface area contributed by atoms with E-state index in [9.17, 15) is 0 Å². The molecule has 0 aromatic heterocycles. The highest BCUT2D eigenvalue weighted by Crippen LogP contribution is 2.30. The number of hydrogen-bond donors (Lipinski definition) is 1. The molecule has 0 heterocycles. The van der Waals surface area contributed by atoms with E-state index in [0.29, 0.717) is 0 Å². The average molecular weight is 190 g/mol. The zero-order valence-corrected chi connectivity index (χ0v) is 8.90. The highest BCUT2D eigenvalue weighted by Gasteiger charge is 2.26. The maximum Gasteiger partial charge on any atom is 0.0366 e. The molecule has 0 amide bonds. The number of rotatable bonds is 3. The lowest BCUT2D eigenvalue weighted by Gasteiger charge is -2.19. The van der Waals surface area contributed by atoms with E-state index in [2.05, 4.69) is 36.2 Å². The third-order valence-corrected chi connectivity index (χ3v) is 2.92. The summed E-state index contributed by atoms with van der Waals surface area (Å²) in [6.45, 7) is 2.01. The van der Waals surface area contributed by atoms with Gasteiger partial charge in [0.15, 0.2) is 0 Å². The smallest absolute Gasteiger partial charge is 0.0366 e. The topological polar surface area (TPSA) is 29.3 Å². The van der Waals surface area contributed by atoms with Gasteiger partial charge in [0.25, 0.3) is 0 Å². The summed E-state index contributed by atoms with van der Waals surface area (Å²) in [5, 5.41) is 0. The Labute approximate surface area is 85.7 Å². The number of anilines is 1. The lowest BCUT2D eigenvalue weighted by Crippen LogP contribution is -2.19. The molecule has 2 rings (SSSR count). The number of nitrogens with zero attached hydrogens (tertiary/aromatic N) is 1. The van der Waals surface area contributed by atoms with Gasteiger partial charge in [-0.15, -0.1) is 0 Å². The van der Waals surface area contributed by atoms with E-state index in [0.717, 1.165) is 6.04 Å². The molecule has 0 unspecified atom stereocenters. The van der Waals surface area contributed by atoms with Crippen molar-refractivity contribution in [1.82, 2.24) is 0 Å². The molecule has 0 aliphatic heterocycles. The van der Waals surface area contributed by atoms with Crippen molar-refractivity contribution in [1.29, 1.82) is 0 Å². The van der Waals surface area contributed by atoms with Crippen LogP contribution >= 0.6 is 0 Å². The van der Waals surface area contributed by atoms with Crippen LogP contribution in [0.3, 0.4) is 0 Å². The molecular weight excluding hydrogens is 172 g/mol. The van der Waals surface area contributed by atoms with Crippen molar-refractivity contribution in [3.63, 3.8) is 0 Å². The molecule has 0 radical (unpaired) electrons. The molecule has 2 heteroatoms. The van der Waals surface area contributed by atoms with Crippen molar-refractivity contribution in [2.45, 2.75) is 31.8 Å². The van der Waals surface area contributed by atoms with E-state index in [1.165, 1.54) is 24.1 Å². The first-order valence-electron chi connectivity index (χ1n) is 5.27. The van der Waals surface area contributed by atoms with Crippen LogP contribution in [0.5, 0.6) is 0 Å². The first-order chi connectivity index (χ1) is 6.68. The maximum atomic E-state index is 5.80. The van der Waals surface area contributed by atoms with Gasteiger partial charge in [-0.05, 0) is 37.5 Å². The fraction of sp³-hybridized carbons (Fsp3) is 0.500. The minimum Gasteiger partial charge on any atom is -0.372 e.